The van der Waals surface area contributed by atoms with E-state index in [9.17, 15) is 9.59 Å². The maximum absolute atomic E-state index is 12.6. The van der Waals surface area contributed by atoms with Crippen LogP contribution in [-0.2, 0) is 4.74 Å². The summed E-state index contributed by atoms with van der Waals surface area (Å²) in [5.74, 6) is -0.484. The van der Waals surface area contributed by atoms with E-state index in [1.807, 2.05) is 0 Å². The fraction of sp³-hybridized carbons (Fsp3) is 0.0476. The number of nitrogens with one attached hydrogen (secondary N) is 2. The predicted octanol–water partition coefficient (Wildman–Crippen LogP) is 3.74. The Morgan fingerprint density at radius 1 is 1.07 bits per heavy atom. The predicted molar refractivity (Wildman–Crippen MR) is 104 cm³/mol. The average molecular weight is 372 g/mol. The standard InChI is InChI=1S/C21H16N4O3/c1-28-21(27)17-7-2-3-8-18(17)25-20(26)15-9-10-23-19(12-15)24-16-6-4-5-14(11-16)13-22/h2-12H,1H3,(H,23,24)(H,25,26). The van der Waals surface area contributed by atoms with Crippen LogP contribution in [-0.4, -0.2) is 24.0 Å². The zero-order valence-electron chi connectivity index (χ0n) is 15.0. The Bertz CT molecular complexity index is 1070. The van der Waals surface area contributed by atoms with Gasteiger partial charge in [-0.3, -0.25) is 4.79 Å². The Balaban J connectivity index is 1.80. The third-order valence-electron chi connectivity index (χ3n) is 3.87. The number of benzene rings is 2. The quantitative estimate of drug-likeness (QED) is 0.661. The zero-order chi connectivity index (χ0) is 19.9. The molecule has 28 heavy (non-hydrogen) atoms. The third kappa shape index (κ3) is 4.31. The highest BCUT2D eigenvalue weighted by atomic mass is 16.5. The van der Waals surface area contributed by atoms with Gasteiger partial charge in [0.15, 0.2) is 0 Å². The van der Waals surface area contributed by atoms with Gasteiger partial charge < -0.3 is 15.4 Å². The first-order valence-corrected chi connectivity index (χ1v) is 8.32. The molecular formula is C21H16N4O3. The lowest BCUT2D eigenvalue weighted by Gasteiger charge is -2.11. The first-order valence-electron chi connectivity index (χ1n) is 8.32. The van der Waals surface area contributed by atoms with Crippen molar-refractivity contribution in [3.05, 3.63) is 83.6 Å². The number of ether oxygens (including phenoxy) is 1. The number of hydrogen-bond acceptors (Lipinski definition) is 6. The number of hydrogen-bond donors (Lipinski definition) is 2. The molecule has 3 aromatic rings. The van der Waals surface area contributed by atoms with Crippen molar-refractivity contribution < 1.29 is 14.3 Å². The summed E-state index contributed by atoms with van der Waals surface area (Å²) in [6, 6.07) is 18.7. The van der Waals surface area contributed by atoms with Crippen molar-refractivity contribution in [2.75, 3.05) is 17.7 Å². The summed E-state index contributed by atoms with van der Waals surface area (Å²) in [4.78, 5) is 28.7. The first-order chi connectivity index (χ1) is 13.6. The molecule has 0 radical (unpaired) electrons. The van der Waals surface area contributed by atoms with Gasteiger partial charge >= 0.3 is 5.97 Å². The fourth-order valence-corrected chi connectivity index (χ4v) is 2.53. The topological polar surface area (TPSA) is 104 Å². The molecule has 7 nitrogen and oxygen atoms in total. The molecule has 0 aliphatic carbocycles. The molecule has 3 rings (SSSR count). The summed E-state index contributed by atoms with van der Waals surface area (Å²) in [7, 11) is 1.28. The van der Waals surface area contributed by atoms with E-state index in [1.165, 1.54) is 13.3 Å². The number of aromatic nitrogens is 1. The minimum atomic E-state index is -0.537. The smallest absolute Gasteiger partial charge is 0.339 e. The second-order valence-electron chi connectivity index (χ2n) is 5.74. The minimum absolute atomic E-state index is 0.263. The Morgan fingerprint density at radius 2 is 1.89 bits per heavy atom. The molecular weight excluding hydrogens is 356 g/mol. The van der Waals surface area contributed by atoms with E-state index < -0.39 is 11.9 Å². The van der Waals surface area contributed by atoms with Gasteiger partial charge in [-0.1, -0.05) is 18.2 Å². The van der Waals surface area contributed by atoms with Gasteiger partial charge in [0.1, 0.15) is 5.82 Å². The monoisotopic (exact) mass is 372 g/mol. The Labute approximate surface area is 161 Å². The average Bonchev–Trinajstić information content (AvgIpc) is 2.74. The van der Waals surface area contributed by atoms with Crippen LogP contribution in [0.5, 0.6) is 0 Å². The van der Waals surface area contributed by atoms with Crippen molar-refractivity contribution in [3.8, 4) is 6.07 Å². The number of carbonyl (C=O) groups is 2. The summed E-state index contributed by atoms with van der Waals surface area (Å²) in [5.41, 5.74) is 2.17. The highest BCUT2D eigenvalue weighted by Crippen LogP contribution is 2.19. The van der Waals surface area contributed by atoms with Crippen LogP contribution in [0.15, 0.2) is 66.9 Å². The van der Waals surface area contributed by atoms with Gasteiger partial charge in [-0.25, -0.2) is 9.78 Å². The minimum Gasteiger partial charge on any atom is -0.465 e. The molecule has 0 unspecified atom stereocenters. The molecule has 7 heteroatoms. The van der Waals surface area contributed by atoms with Crippen LogP contribution in [0, 0.1) is 11.3 Å². The molecule has 0 aliphatic heterocycles. The van der Waals surface area contributed by atoms with Crippen LogP contribution in [0.1, 0.15) is 26.3 Å². The number of esters is 1. The number of nitriles is 1. The second kappa shape index (κ2) is 8.47. The maximum atomic E-state index is 12.6. The molecule has 2 aromatic carbocycles. The molecule has 1 aromatic heterocycles. The Hall–Kier alpha value is -4.18. The molecule has 0 aliphatic rings. The number of methoxy groups -OCH3 is 1. The number of carbonyl (C=O) groups excluding carboxylic acids is 2. The zero-order valence-corrected chi connectivity index (χ0v) is 15.0. The molecule has 1 amide bonds. The molecule has 0 saturated heterocycles. The maximum Gasteiger partial charge on any atom is 0.339 e. The van der Waals surface area contributed by atoms with E-state index in [0.29, 0.717) is 28.3 Å². The summed E-state index contributed by atoms with van der Waals surface area (Å²) < 4.78 is 4.74. The normalized spacial score (nSPS) is 9.86. The molecule has 1 heterocycles. The number of pyridine rings is 1. The van der Waals surface area contributed by atoms with E-state index in [4.69, 9.17) is 10.00 Å². The van der Waals surface area contributed by atoms with Gasteiger partial charge in [0.2, 0.25) is 0 Å². The summed E-state index contributed by atoms with van der Waals surface area (Å²) in [6.45, 7) is 0. The molecule has 0 spiro atoms. The van der Waals surface area contributed by atoms with Gasteiger partial charge in [-0.2, -0.15) is 5.26 Å². The van der Waals surface area contributed by atoms with E-state index in [2.05, 4.69) is 21.7 Å². The van der Waals surface area contributed by atoms with Crippen molar-refractivity contribution in [1.29, 1.82) is 5.26 Å². The van der Waals surface area contributed by atoms with E-state index in [-0.39, 0.29) is 5.56 Å². The number of para-hydroxylation sites is 1. The Morgan fingerprint density at radius 3 is 2.68 bits per heavy atom. The van der Waals surface area contributed by atoms with Gasteiger partial charge in [0.05, 0.1) is 30.0 Å². The number of rotatable bonds is 5. The largest absolute Gasteiger partial charge is 0.465 e. The molecule has 138 valence electrons. The van der Waals surface area contributed by atoms with Gasteiger partial charge in [-0.05, 0) is 42.5 Å². The van der Waals surface area contributed by atoms with Crippen LogP contribution in [0.2, 0.25) is 0 Å². The SMILES string of the molecule is COC(=O)c1ccccc1NC(=O)c1ccnc(Nc2cccc(C#N)c2)c1. The highest BCUT2D eigenvalue weighted by molar-refractivity contribution is 6.08. The summed E-state index contributed by atoms with van der Waals surface area (Å²) in [5, 5.41) is 14.8. The van der Waals surface area contributed by atoms with Gasteiger partial charge in [0, 0.05) is 17.4 Å². The van der Waals surface area contributed by atoms with E-state index in [0.717, 1.165) is 0 Å². The van der Waals surface area contributed by atoms with Crippen LogP contribution in [0.4, 0.5) is 17.2 Å². The molecule has 0 atom stereocenters. The number of anilines is 3. The lowest BCUT2D eigenvalue weighted by molar-refractivity contribution is 0.0602. The second-order valence-corrected chi connectivity index (χ2v) is 5.74. The summed E-state index contributed by atoms with van der Waals surface area (Å²) in [6.07, 6.45) is 1.50. The van der Waals surface area contributed by atoms with E-state index in [1.54, 1.807) is 60.7 Å². The highest BCUT2D eigenvalue weighted by Gasteiger charge is 2.14. The van der Waals surface area contributed by atoms with Crippen LogP contribution < -0.4 is 10.6 Å². The lowest BCUT2D eigenvalue weighted by atomic mass is 10.1. The van der Waals surface area contributed by atoms with Gasteiger partial charge in [0.25, 0.3) is 5.91 Å². The molecule has 0 bridgehead atoms. The molecule has 0 fully saturated rings. The third-order valence-corrected chi connectivity index (χ3v) is 3.87. The van der Waals surface area contributed by atoms with Crippen LogP contribution >= 0.6 is 0 Å². The van der Waals surface area contributed by atoms with Crippen molar-refractivity contribution in [2.45, 2.75) is 0 Å². The van der Waals surface area contributed by atoms with E-state index >= 15 is 0 Å². The van der Waals surface area contributed by atoms with Crippen molar-refractivity contribution >= 4 is 29.1 Å². The number of nitrogens with zero attached hydrogens (tertiary/aromatic N) is 2. The fourth-order valence-electron chi connectivity index (χ4n) is 2.53. The van der Waals surface area contributed by atoms with Crippen LogP contribution in [0.25, 0.3) is 0 Å². The van der Waals surface area contributed by atoms with Crippen molar-refractivity contribution in [3.63, 3.8) is 0 Å². The summed E-state index contributed by atoms with van der Waals surface area (Å²) >= 11 is 0. The van der Waals surface area contributed by atoms with Gasteiger partial charge in [-0.15, -0.1) is 0 Å². The number of amides is 1. The van der Waals surface area contributed by atoms with Crippen molar-refractivity contribution in [1.82, 2.24) is 4.98 Å². The van der Waals surface area contributed by atoms with Crippen LogP contribution in [0.3, 0.4) is 0 Å². The Kier molecular flexibility index (Phi) is 5.63. The first kappa shape index (κ1) is 18.6. The molecule has 0 saturated carbocycles. The molecule has 2 N–H and O–H groups in total. The lowest BCUT2D eigenvalue weighted by Crippen LogP contribution is -2.15. The van der Waals surface area contributed by atoms with Crippen molar-refractivity contribution in [2.24, 2.45) is 0 Å².